The summed E-state index contributed by atoms with van der Waals surface area (Å²) < 4.78 is 12.1. The third kappa shape index (κ3) is 4.31. The van der Waals surface area contributed by atoms with Crippen LogP contribution in [0, 0.1) is 0 Å². The number of hydrogen-bond donors (Lipinski definition) is 7. The SMILES string of the molecule is Oc1ccc([C@@H]2Oc3cc(O)ccc3C(c3cc4c(cc3O)O[C@H](c3ccc(O)c(O)c3)[C@@H](O)C4)[C@H]2O)cc1. The van der Waals surface area contributed by atoms with E-state index in [1.54, 1.807) is 24.3 Å². The first-order chi connectivity index (χ1) is 18.7. The molecule has 0 radical (unpaired) electrons. The molecular formula is C30H26O9. The molecule has 39 heavy (non-hydrogen) atoms. The lowest BCUT2D eigenvalue weighted by atomic mass is 9.78. The maximum absolute atomic E-state index is 11.6. The van der Waals surface area contributed by atoms with Crippen LogP contribution in [0.25, 0.3) is 0 Å². The summed E-state index contributed by atoms with van der Waals surface area (Å²) in [6, 6.07) is 18.1. The Morgan fingerprint density at radius 3 is 2.00 bits per heavy atom. The van der Waals surface area contributed by atoms with Crippen LogP contribution >= 0.6 is 0 Å². The average Bonchev–Trinajstić information content (AvgIpc) is 2.90. The Morgan fingerprint density at radius 1 is 0.564 bits per heavy atom. The molecule has 0 fully saturated rings. The van der Waals surface area contributed by atoms with E-state index in [1.165, 1.54) is 48.5 Å². The Labute approximate surface area is 223 Å². The Bertz CT molecular complexity index is 1550. The third-order valence-electron chi connectivity index (χ3n) is 7.36. The third-order valence-corrected chi connectivity index (χ3v) is 7.36. The van der Waals surface area contributed by atoms with E-state index in [1.807, 2.05) is 0 Å². The van der Waals surface area contributed by atoms with Gasteiger partial charge in [0, 0.05) is 35.6 Å². The predicted octanol–water partition coefficient (Wildman–Crippen LogP) is 3.88. The number of hydrogen-bond acceptors (Lipinski definition) is 9. The van der Waals surface area contributed by atoms with Crippen molar-refractivity contribution in [1.29, 1.82) is 0 Å². The van der Waals surface area contributed by atoms with Crippen LogP contribution in [0.15, 0.2) is 72.8 Å². The van der Waals surface area contributed by atoms with E-state index in [2.05, 4.69) is 0 Å². The highest BCUT2D eigenvalue weighted by Crippen LogP contribution is 2.50. The molecule has 200 valence electrons. The second-order valence-corrected chi connectivity index (χ2v) is 9.90. The van der Waals surface area contributed by atoms with Gasteiger partial charge in [-0.3, -0.25) is 0 Å². The van der Waals surface area contributed by atoms with E-state index in [0.717, 1.165) is 0 Å². The lowest BCUT2D eigenvalue weighted by Gasteiger charge is -2.38. The van der Waals surface area contributed by atoms with Gasteiger partial charge in [-0.25, -0.2) is 0 Å². The quantitative estimate of drug-likeness (QED) is 0.195. The molecule has 5 atom stereocenters. The van der Waals surface area contributed by atoms with Gasteiger partial charge in [0.2, 0.25) is 0 Å². The van der Waals surface area contributed by atoms with Crippen LogP contribution in [0.5, 0.6) is 40.2 Å². The minimum atomic E-state index is -1.15. The largest absolute Gasteiger partial charge is 0.508 e. The number of fused-ring (bicyclic) bond motifs is 2. The molecule has 1 unspecified atom stereocenters. The summed E-state index contributed by atoms with van der Waals surface area (Å²) >= 11 is 0. The van der Waals surface area contributed by atoms with Gasteiger partial charge in [-0.2, -0.15) is 0 Å². The molecule has 0 spiro atoms. The van der Waals surface area contributed by atoms with E-state index in [9.17, 15) is 35.7 Å². The summed E-state index contributed by atoms with van der Waals surface area (Å²) in [5.41, 5.74) is 2.60. The van der Waals surface area contributed by atoms with Crippen LogP contribution in [-0.4, -0.2) is 48.0 Å². The van der Waals surface area contributed by atoms with Gasteiger partial charge >= 0.3 is 0 Å². The molecule has 4 aromatic rings. The molecule has 2 heterocycles. The van der Waals surface area contributed by atoms with Crippen molar-refractivity contribution in [2.24, 2.45) is 0 Å². The molecule has 0 saturated heterocycles. The number of phenolic OH excluding ortho intramolecular Hbond substituents is 5. The predicted molar refractivity (Wildman–Crippen MR) is 138 cm³/mol. The van der Waals surface area contributed by atoms with Crippen molar-refractivity contribution in [2.45, 2.75) is 36.8 Å². The molecule has 2 aliphatic heterocycles. The molecule has 4 aromatic carbocycles. The lowest BCUT2D eigenvalue weighted by molar-refractivity contribution is 0.00739. The number of phenols is 5. The fourth-order valence-corrected chi connectivity index (χ4v) is 5.43. The van der Waals surface area contributed by atoms with Crippen molar-refractivity contribution in [3.8, 4) is 40.2 Å². The summed E-state index contributed by atoms with van der Waals surface area (Å²) in [6.45, 7) is 0. The van der Waals surface area contributed by atoms with Crippen molar-refractivity contribution in [3.63, 3.8) is 0 Å². The minimum absolute atomic E-state index is 0.0224. The minimum Gasteiger partial charge on any atom is -0.508 e. The van der Waals surface area contributed by atoms with Gasteiger partial charge in [-0.05, 0) is 53.1 Å². The lowest BCUT2D eigenvalue weighted by Crippen LogP contribution is -2.35. The Morgan fingerprint density at radius 2 is 1.26 bits per heavy atom. The molecule has 2 aliphatic rings. The van der Waals surface area contributed by atoms with Gasteiger partial charge in [0.05, 0.1) is 6.10 Å². The summed E-state index contributed by atoms with van der Waals surface area (Å²) in [5, 5.41) is 72.9. The van der Waals surface area contributed by atoms with Crippen LogP contribution in [0.3, 0.4) is 0 Å². The van der Waals surface area contributed by atoms with Crippen LogP contribution < -0.4 is 9.47 Å². The molecule has 0 amide bonds. The van der Waals surface area contributed by atoms with E-state index in [4.69, 9.17) is 9.47 Å². The van der Waals surface area contributed by atoms with Gasteiger partial charge in [0.1, 0.15) is 41.0 Å². The molecule has 9 nitrogen and oxygen atoms in total. The van der Waals surface area contributed by atoms with E-state index in [0.29, 0.717) is 39.3 Å². The number of rotatable bonds is 3. The fourth-order valence-electron chi connectivity index (χ4n) is 5.43. The number of aliphatic hydroxyl groups is 2. The maximum atomic E-state index is 11.6. The van der Waals surface area contributed by atoms with Crippen LogP contribution in [0.4, 0.5) is 0 Å². The highest BCUT2D eigenvalue weighted by molar-refractivity contribution is 5.56. The molecule has 0 aliphatic carbocycles. The average molecular weight is 531 g/mol. The zero-order valence-electron chi connectivity index (χ0n) is 20.5. The molecule has 0 bridgehead atoms. The smallest absolute Gasteiger partial charge is 0.157 e. The number of aliphatic hydroxyl groups excluding tert-OH is 2. The summed E-state index contributed by atoms with van der Waals surface area (Å²) in [5.74, 6) is -0.828. The highest BCUT2D eigenvalue weighted by atomic mass is 16.5. The first-order valence-electron chi connectivity index (χ1n) is 12.4. The van der Waals surface area contributed by atoms with Gasteiger partial charge in [0.15, 0.2) is 17.6 Å². The molecule has 7 N–H and O–H groups in total. The number of aromatic hydroxyl groups is 5. The zero-order valence-corrected chi connectivity index (χ0v) is 20.5. The topological polar surface area (TPSA) is 160 Å². The normalized spacial score (nSPS) is 23.7. The molecule has 6 rings (SSSR count). The summed E-state index contributed by atoms with van der Waals surface area (Å²) in [7, 11) is 0. The van der Waals surface area contributed by atoms with Crippen LogP contribution in [0.1, 0.15) is 45.9 Å². The van der Waals surface area contributed by atoms with Crippen molar-refractivity contribution in [3.05, 3.63) is 101 Å². The summed E-state index contributed by atoms with van der Waals surface area (Å²) in [6.07, 6.45) is -3.69. The van der Waals surface area contributed by atoms with Gasteiger partial charge in [0.25, 0.3) is 0 Å². The molecule has 0 aromatic heterocycles. The number of benzene rings is 4. The van der Waals surface area contributed by atoms with Gasteiger partial charge < -0.3 is 45.2 Å². The maximum Gasteiger partial charge on any atom is 0.157 e. The molecular weight excluding hydrogens is 504 g/mol. The second kappa shape index (κ2) is 9.30. The zero-order chi connectivity index (χ0) is 27.4. The molecule has 0 saturated carbocycles. The van der Waals surface area contributed by atoms with Crippen LogP contribution in [-0.2, 0) is 6.42 Å². The first kappa shape index (κ1) is 24.7. The van der Waals surface area contributed by atoms with E-state index in [-0.39, 0.29) is 35.2 Å². The standard InChI is InChI=1S/C30H26O9/c31-17-4-1-14(2-5-17)30-28(37)27(19-7-6-18(32)12-26(19)39-30)20-9-16-11-24(36)29(38-25(16)13-22(20)34)15-3-8-21(33)23(35)10-15/h1-10,12-13,24,27-37H,11H2/t24-,27?,28+,29+,30-/m0/s1. The highest BCUT2D eigenvalue weighted by Gasteiger charge is 2.41. The van der Waals surface area contributed by atoms with Crippen molar-refractivity contribution < 1.29 is 45.2 Å². The van der Waals surface area contributed by atoms with Crippen molar-refractivity contribution in [1.82, 2.24) is 0 Å². The Kier molecular flexibility index (Phi) is 5.90. The fraction of sp³-hybridized carbons (Fsp3) is 0.200. The van der Waals surface area contributed by atoms with E-state index >= 15 is 0 Å². The number of ether oxygens (including phenoxy) is 2. The van der Waals surface area contributed by atoms with Gasteiger partial charge in [-0.1, -0.05) is 24.3 Å². The van der Waals surface area contributed by atoms with Crippen molar-refractivity contribution in [2.75, 3.05) is 0 Å². The monoisotopic (exact) mass is 530 g/mol. The van der Waals surface area contributed by atoms with Crippen molar-refractivity contribution >= 4 is 0 Å². The summed E-state index contributed by atoms with van der Waals surface area (Å²) in [4.78, 5) is 0. The van der Waals surface area contributed by atoms with Crippen LogP contribution in [0.2, 0.25) is 0 Å². The molecule has 9 heteroatoms. The second-order valence-electron chi connectivity index (χ2n) is 9.90. The first-order valence-corrected chi connectivity index (χ1v) is 12.4. The van der Waals surface area contributed by atoms with E-state index < -0.39 is 30.3 Å². The Balaban J connectivity index is 1.40. The Hall–Kier alpha value is -4.60. The van der Waals surface area contributed by atoms with Gasteiger partial charge in [-0.15, -0.1) is 0 Å².